The van der Waals surface area contributed by atoms with E-state index in [1.54, 1.807) is 12.1 Å². The lowest BCUT2D eigenvalue weighted by atomic mass is 10.0. The highest BCUT2D eigenvalue weighted by Gasteiger charge is 2.06. The summed E-state index contributed by atoms with van der Waals surface area (Å²) in [5.74, 6) is 0.470. The first kappa shape index (κ1) is 13.6. The van der Waals surface area contributed by atoms with Crippen LogP contribution in [0.25, 0.3) is 10.8 Å². The van der Waals surface area contributed by atoms with E-state index in [-0.39, 0.29) is 11.5 Å². The van der Waals surface area contributed by atoms with Crippen molar-refractivity contribution in [3.05, 3.63) is 42.0 Å². The molecule has 0 atom stereocenters. The standard InChI is InChI=1S/C17H20O2/c1-2-3-4-5-6-17(19)15-8-7-14-12-16(18)10-9-13(14)11-15/h7-12,18H,2-6H2,1H3. The largest absolute Gasteiger partial charge is 0.508 e. The molecule has 2 rings (SSSR count). The van der Waals surface area contributed by atoms with Gasteiger partial charge in [-0.1, -0.05) is 44.4 Å². The van der Waals surface area contributed by atoms with E-state index in [9.17, 15) is 9.90 Å². The highest BCUT2D eigenvalue weighted by molar-refractivity contribution is 6.00. The van der Waals surface area contributed by atoms with E-state index >= 15 is 0 Å². The molecule has 1 N–H and O–H groups in total. The van der Waals surface area contributed by atoms with Gasteiger partial charge in [-0.2, -0.15) is 0 Å². The summed E-state index contributed by atoms with van der Waals surface area (Å²) >= 11 is 0. The molecule has 0 aliphatic carbocycles. The van der Waals surface area contributed by atoms with E-state index in [2.05, 4.69) is 6.92 Å². The number of hydrogen-bond acceptors (Lipinski definition) is 2. The van der Waals surface area contributed by atoms with Gasteiger partial charge in [0.1, 0.15) is 5.75 Å². The molecule has 0 bridgehead atoms. The van der Waals surface area contributed by atoms with Gasteiger partial charge in [0.15, 0.2) is 5.78 Å². The van der Waals surface area contributed by atoms with Gasteiger partial charge in [-0.05, 0) is 35.4 Å². The van der Waals surface area contributed by atoms with Crippen LogP contribution in [0, 0.1) is 0 Å². The summed E-state index contributed by atoms with van der Waals surface area (Å²) in [4.78, 5) is 12.1. The minimum atomic E-state index is 0.214. The normalized spacial score (nSPS) is 10.8. The van der Waals surface area contributed by atoms with E-state index in [0.717, 1.165) is 29.2 Å². The number of phenolic OH excluding ortho intramolecular Hbond substituents is 1. The van der Waals surface area contributed by atoms with Gasteiger partial charge in [-0.25, -0.2) is 0 Å². The average Bonchev–Trinajstić information content (AvgIpc) is 2.42. The first-order valence-electron chi connectivity index (χ1n) is 6.96. The van der Waals surface area contributed by atoms with Crippen LogP contribution in [-0.4, -0.2) is 10.9 Å². The molecule has 19 heavy (non-hydrogen) atoms. The first-order valence-corrected chi connectivity index (χ1v) is 6.96. The maximum atomic E-state index is 12.1. The van der Waals surface area contributed by atoms with Crippen LogP contribution in [0.4, 0.5) is 0 Å². The van der Waals surface area contributed by atoms with Crippen LogP contribution in [0.5, 0.6) is 5.75 Å². The number of ketones is 1. The van der Waals surface area contributed by atoms with Gasteiger partial charge in [-0.3, -0.25) is 4.79 Å². The number of carbonyl (C=O) groups excluding carboxylic acids is 1. The van der Waals surface area contributed by atoms with Crippen LogP contribution in [-0.2, 0) is 0 Å². The third-order valence-corrected chi connectivity index (χ3v) is 3.40. The zero-order chi connectivity index (χ0) is 13.7. The van der Waals surface area contributed by atoms with Crippen LogP contribution >= 0.6 is 0 Å². The lowest BCUT2D eigenvalue weighted by molar-refractivity contribution is 0.0979. The number of phenols is 1. The second-order valence-corrected chi connectivity index (χ2v) is 4.98. The zero-order valence-electron chi connectivity index (χ0n) is 11.4. The SMILES string of the molecule is CCCCCCC(=O)c1ccc2cc(O)ccc2c1. The predicted octanol–water partition coefficient (Wildman–Crippen LogP) is 4.70. The minimum absolute atomic E-state index is 0.214. The fourth-order valence-corrected chi connectivity index (χ4v) is 2.26. The lowest BCUT2D eigenvalue weighted by Gasteiger charge is -2.04. The lowest BCUT2D eigenvalue weighted by Crippen LogP contribution is -1.98. The highest BCUT2D eigenvalue weighted by Crippen LogP contribution is 2.22. The molecule has 0 aliphatic heterocycles. The van der Waals surface area contributed by atoms with Gasteiger partial charge in [-0.15, -0.1) is 0 Å². The molecule has 0 heterocycles. The van der Waals surface area contributed by atoms with Crippen molar-refractivity contribution in [3.63, 3.8) is 0 Å². The molecule has 0 spiro atoms. The van der Waals surface area contributed by atoms with Crippen LogP contribution in [0.15, 0.2) is 36.4 Å². The average molecular weight is 256 g/mol. The Morgan fingerprint density at radius 2 is 1.74 bits per heavy atom. The molecule has 0 saturated carbocycles. The van der Waals surface area contributed by atoms with Gasteiger partial charge in [0.2, 0.25) is 0 Å². The molecule has 0 unspecified atom stereocenters. The maximum absolute atomic E-state index is 12.1. The summed E-state index contributed by atoms with van der Waals surface area (Å²) in [6, 6.07) is 10.9. The summed E-state index contributed by atoms with van der Waals surface area (Å²) in [7, 11) is 0. The van der Waals surface area contributed by atoms with Crippen molar-refractivity contribution in [1.82, 2.24) is 0 Å². The fraction of sp³-hybridized carbons (Fsp3) is 0.353. The Labute approximate surface area is 114 Å². The van der Waals surface area contributed by atoms with Gasteiger partial charge in [0, 0.05) is 12.0 Å². The Kier molecular flexibility index (Phi) is 4.56. The monoisotopic (exact) mass is 256 g/mol. The molecular formula is C17H20O2. The van der Waals surface area contributed by atoms with Gasteiger partial charge >= 0.3 is 0 Å². The molecule has 0 aliphatic rings. The third-order valence-electron chi connectivity index (χ3n) is 3.40. The molecule has 2 nitrogen and oxygen atoms in total. The molecule has 2 aromatic carbocycles. The molecule has 2 heteroatoms. The van der Waals surface area contributed by atoms with Crippen LogP contribution in [0.1, 0.15) is 49.4 Å². The molecule has 100 valence electrons. The second-order valence-electron chi connectivity index (χ2n) is 4.98. The topological polar surface area (TPSA) is 37.3 Å². The second kappa shape index (κ2) is 6.37. The summed E-state index contributed by atoms with van der Waals surface area (Å²) in [5, 5.41) is 11.4. The molecule has 0 saturated heterocycles. The summed E-state index contributed by atoms with van der Waals surface area (Å²) in [6.45, 7) is 2.17. The van der Waals surface area contributed by atoms with Crippen molar-refractivity contribution in [2.45, 2.75) is 39.0 Å². The Hall–Kier alpha value is -1.83. The fourth-order valence-electron chi connectivity index (χ4n) is 2.26. The molecule has 0 fully saturated rings. The zero-order valence-corrected chi connectivity index (χ0v) is 11.4. The van der Waals surface area contributed by atoms with Crippen molar-refractivity contribution < 1.29 is 9.90 Å². The van der Waals surface area contributed by atoms with Crippen molar-refractivity contribution in [2.24, 2.45) is 0 Å². The van der Waals surface area contributed by atoms with E-state index in [0.29, 0.717) is 6.42 Å². The van der Waals surface area contributed by atoms with E-state index in [4.69, 9.17) is 0 Å². The predicted molar refractivity (Wildman–Crippen MR) is 78.7 cm³/mol. The number of unbranched alkanes of at least 4 members (excludes halogenated alkanes) is 3. The van der Waals surface area contributed by atoms with Crippen LogP contribution in [0.2, 0.25) is 0 Å². The maximum Gasteiger partial charge on any atom is 0.162 e. The van der Waals surface area contributed by atoms with Crippen molar-refractivity contribution >= 4 is 16.6 Å². The molecule has 0 aromatic heterocycles. The summed E-state index contributed by atoms with van der Waals surface area (Å²) < 4.78 is 0. The number of hydrogen-bond donors (Lipinski definition) is 1. The number of aromatic hydroxyl groups is 1. The van der Waals surface area contributed by atoms with Crippen molar-refractivity contribution in [1.29, 1.82) is 0 Å². The van der Waals surface area contributed by atoms with Crippen molar-refractivity contribution in [3.8, 4) is 5.75 Å². The number of benzene rings is 2. The molecular weight excluding hydrogens is 236 g/mol. The summed E-state index contributed by atoms with van der Waals surface area (Å²) in [5.41, 5.74) is 0.773. The summed E-state index contributed by atoms with van der Waals surface area (Å²) in [6.07, 6.45) is 5.12. The number of fused-ring (bicyclic) bond motifs is 1. The Balaban J connectivity index is 2.08. The van der Waals surface area contributed by atoms with Gasteiger partial charge in [0.05, 0.1) is 0 Å². The van der Waals surface area contributed by atoms with Crippen LogP contribution < -0.4 is 0 Å². The Morgan fingerprint density at radius 1 is 1.00 bits per heavy atom. The van der Waals surface area contributed by atoms with Gasteiger partial charge < -0.3 is 5.11 Å². The van der Waals surface area contributed by atoms with E-state index in [1.165, 1.54) is 12.8 Å². The Bertz CT molecular complexity index is 572. The van der Waals surface area contributed by atoms with Gasteiger partial charge in [0.25, 0.3) is 0 Å². The Morgan fingerprint density at radius 3 is 2.53 bits per heavy atom. The molecule has 0 radical (unpaired) electrons. The van der Waals surface area contributed by atoms with Crippen LogP contribution in [0.3, 0.4) is 0 Å². The van der Waals surface area contributed by atoms with E-state index in [1.807, 2.05) is 24.3 Å². The molecule has 2 aromatic rings. The van der Waals surface area contributed by atoms with Crippen molar-refractivity contribution in [2.75, 3.05) is 0 Å². The quantitative estimate of drug-likeness (QED) is 0.601. The number of Topliss-reactive ketones (excluding diaryl/α,β-unsaturated/α-hetero) is 1. The minimum Gasteiger partial charge on any atom is -0.508 e. The number of carbonyl (C=O) groups is 1. The smallest absolute Gasteiger partial charge is 0.162 e. The third kappa shape index (κ3) is 3.57. The van der Waals surface area contributed by atoms with E-state index < -0.39 is 0 Å². The first-order chi connectivity index (χ1) is 9.20. The molecule has 0 amide bonds. The number of rotatable bonds is 6. The highest BCUT2D eigenvalue weighted by atomic mass is 16.3.